The van der Waals surface area contributed by atoms with E-state index in [1.807, 2.05) is 13.0 Å². The van der Waals surface area contributed by atoms with Crippen molar-refractivity contribution in [3.63, 3.8) is 0 Å². The second-order valence-electron chi connectivity index (χ2n) is 8.79. The molecule has 0 aliphatic rings. The molecule has 1 N–H and O–H groups in total. The highest BCUT2D eigenvalue weighted by molar-refractivity contribution is 5.99. The van der Waals surface area contributed by atoms with Crippen molar-refractivity contribution in [2.75, 3.05) is 25.0 Å². The number of hydrogen-bond donors (Lipinski definition) is 1. The lowest BCUT2D eigenvalue weighted by Gasteiger charge is -2.22. The van der Waals surface area contributed by atoms with E-state index in [4.69, 9.17) is 4.74 Å². The largest absolute Gasteiger partial charge is 0.494 e. The Morgan fingerprint density at radius 3 is 2.35 bits per heavy atom. The molecular formula is C24H36N4O3. The van der Waals surface area contributed by atoms with E-state index in [9.17, 15) is 9.59 Å². The molecule has 0 saturated heterocycles. The molecule has 1 aromatic carbocycles. The zero-order valence-electron chi connectivity index (χ0n) is 19.7. The molecule has 170 valence electrons. The number of aryl methyl sites for hydroxylation is 1. The molecule has 31 heavy (non-hydrogen) atoms. The number of nitrogens with one attached hydrogen (secondary N) is 1. The minimum atomic E-state index is -0.246. The summed E-state index contributed by atoms with van der Waals surface area (Å²) in [6, 6.07) is 8.98. The number of ether oxygens (including phenoxy) is 1. The molecule has 0 atom stereocenters. The van der Waals surface area contributed by atoms with Gasteiger partial charge >= 0.3 is 0 Å². The number of nitrogens with zero attached hydrogens (tertiary/aromatic N) is 3. The molecule has 1 aromatic heterocycles. The van der Waals surface area contributed by atoms with Gasteiger partial charge in [-0.3, -0.25) is 14.3 Å². The number of unbranched alkanes of at least 4 members (excludes halogenated alkanes) is 1. The summed E-state index contributed by atoms with van der Waals surface area (Å²) >= 11 is 0. The molecule has 2 rings (SSSR count). The van der Waals surface area contributed by atoms with Crippen molar-refractivity contribution in [1.29, 1.82) is 0 Å². The van der Waals surface area contributed by atoms with E-state index < -0.39 is 0 Å². The Balaban J connectivity index is 2.04. The van der Waals surface area contributed by atoms with Crippen LogP contribution in [0.3, 0.4) is 0 Å². The molecule has 0 aliphatic heterocycles. The highest BCUT2D eigenvalue weighted by Crippen LogP contribution is 2.23. The average Bonchev–Trinajstić information content (AvgIpc) is 3.08. The summed E-state index contributed by atoms with van der Waals surface area (Å²) in [4.78, 5) is 27.2. The molecule has 2 aromatic rings. The van der Waals surface area contributed by atoms with Gasteiger partial charge < -0.3 is 15.0 Å². The quantitative estimate of drug-likeness (QED) is 0.570. The van der Waals surface area contributed by atoms with E-state index in [1.54, 1.807) is 40.9 Å². The van der Waals surface area contributed by atoms with Gasteiger partial charge in [-0.2, -0.15) is 5.10 Å². The van der Waals surface area contributed by atoms with Crippen molar-refractivity contribution < 1.29 is 14.3 Å². The van der Waals surface area contributed by atoms with Gasteiger partial charge in [-0.25, -0.2) is 0 Å². The molecule has 1 heterocycles. The highest BCUT2D eigenvalue weighted by atomic mass is 16.5. The Morgan fingerprint density at radius 2 is 1.81 bits per heavy atom. The Kier molecular flexibility index (Phi) is 8.65. The molecule has 0 saturated carbocycles. The van der Waals surface area contributed by atoms with Crippen molar-refractivity contribution in [2.24, 2.45) is 7.05 Å². The minimum absolute atomic E-state index is 0.0164. The van der Waals surface area contributed by atoms with E-state index in [0.29, 0.717) is 24.5 Å². The number of anilines is 1. The Labute approximate surface area is 185 Å². The van der Waals surface area contributed by atoms with Crippen LogP contribution >= 0.6 is 0 Å². The van der Waals surface area contributed by atoms with E-state index in [-0.39, 0.29) is 23.8 Å². The van der Waals surface area contributed by atoms with E-state index in [0.717, 1.165) is 30.7 Å². The number of amides is 2. The fourth-order valence-corrected chi connectivity index (χ4v) is 3.04. The summed E-state index contributed by atoms with van der Waals surface area (Å²) in [7, 11) is 1.80. The first kappa shape index (κ1) is 24.4. The number of aromatic nitrogens is 2. The molecule has 0 fully saturated rings. The van der Waals surface area contributed by atoms with Gasteiger partial charge in [-0.15, -0.1) is 0 Å². The first-order valence-corrected chi connectivity index (χ1v) is 11.0. The van der Waals surface area contributed by atoms with Crippen LogP contribution in [0.5, 0.6) is 5.75 Å². The predicted molar refractivity (Wildman–Crippen MR) is 124 cm³/mol. The van der Waals surface area contributed by atoms with Gasteiger partial charge in [0.1, 0.15) is 18.1 Å². The molecule has 0 spiro atoms. The zero-order valence-corrected chi connectivity index (χ0v) is 19.7. The van der Waals surface area contributed by atoms with Crippen molar-refractivity contribution in [3.05, 3.63) is 41.6 Å². The fourth-order valence-electron chi connectivity index (χ4n) is 3.04. The van der Waals surface area contributed by atoms with Crippen molar-refractivity contribution in [1.82, 2.24) is 14.7 Å². The summed E-state index contributed by atoms with van der Waals surface area (Å²) in [5.41, 5.74) is 1.32. The summed E-state index contributed by atoms with van der Waals surface area (Å²) < 4.78 is 7.31. The first-order chi connectivity index (χ1) is 14.7. The third-order valence-electron chi connectivity index (χ3n) is 4.90. The lowest BCUT2D eigenvalue weighted by molar-refractivity contribution is -0.116. The van der Waals surface area contributed by atoms with Crippen LogP contribution in [0, 0.1) is 0 Å². The number of carbonyl (C=O) groups is 2. The Morgan fingerprint density at radius 1 is 1.13 bits per heavy atom. The van der Waals surface area contributed by atoms with Crippen LogP contribution in [0.2, 0.25) is 0 Å². The molecule has 7 heteroatoms. The average molecular weight is 429 g/mol. The smallest absolute Gasteiger partial charge is 0.254 e. The Bertz CT molecular complexity index is 866. The van der Waals surface area contributed by atoms with Crippen LogP contribution in [0.25, 0.3) is 0 Å². The second kappa shape index (κ2) is 11.0. The van der Waals surface area contributed by atoms with Gasteiger partial charge in [0.2, 0.25) is 5.91 Å². The summed E-state index contributed by atoms with van der Waals surface area (Å²) in [5, 5.41) is 7.36. The summed E-state index contributed by atoms with van der Waals surface area (Å²) in [6.07, 6.45) is 2.83. The molecule has 0 unspecified atom stereocenters. The van der Waals surface area contributed by atoms with E-state index in [1.165, 1.54) is 0 Å². The van der Waals surface area contributed by atoms with Gasteiger partial charge in [0.05, 0.1) is 12.3 Å². The van der Waals surface area contributed by atoms with Crippen LogP contribution in [0.1, 0.15) is 69.9 Å². The molecular weight excluding hydrogens is 392 g/mol. The highest BCUT2D eigenvalue weighted by Gasteiger charge is 2.22. The molecule has 0 aliphatic carbocycles. The first-order valence-electron chi connectivity index (χ1n) is 11.0. The number of rotatable bonds is 10. The molecule has 2 amide bonds. The SMILES string of the molecule is CCCCOc1ccc(C(=O)N(CCC)CC(=O)Nc2cc(C(C)(C)C)nn2C)cc1. The molecule has 0 bridgehead atoms. The molecule has 0 radical (unpaired) electrons. The van der Waals surface area contributed by atoms with Crippen LogP contribution in [0.4, 0.5) is 5.82 Å². The number of benzene rings is 1. The molecule has 7 nitrogen and oxygen atoms in total. The van der Waals surface area contributed by atoms with Gasteiger partial charge in [-0.1, -0.05) is 41.0 Å². The maximum Gasteiger partial charge on any atom is 0.254 e. The monoisotopic (exact) mass is 428 g/mol. The minimum Gasteiger partial charge on any atom is -0.494 e. The van der Waals surface area contributed by atoms with Gasteiger partial charge in [-0.05, 0) is 37.1 Å². The van der Waals surface area contributed by atoms with Crippen LogP contribution in [0.15, 0.2) is 30.3 Å². The maximum absolute atomic E-state index is 13.0. The van der Waals surface area contributed by atoms with Crippen LogP contribution < -0.4 is 10.1 Å². The standard InChI is InChI=1S/C24H36N4O3/c1-7-9-15-31-19-12-10-18(11-13-19)23(30)28(14-8-2)17-22(29)25-21-16-20(24(3,4)5)26-27(21)6/h10-13,16H,7-9,14-15,17H2,1-6H3,(H,25,29). The van der Waals surface area contributed by atoms with Crippen molar-refractivity contribution >= 4 is 17.6 Å². The van der Waals surface area contributed by atoms with Crippen molar-refractivity contribution in [3.8, 4) is 5.75 Å². The topological polar surface area (TPSA) is 76.5 Å². The number of hydrogen-bond acceptors (Lipinski definition) is 4. The third kappa shape index (κ3) is 7.12. The van der Waals surface area contributed by atoms with Crippen LogP contribution in [-0.2, 0) is 17.3 Å². The Hall–Kier alpha value is -2.83. The number of carbonyl (C=O) groups excluding carboxylic acids is 2. The van der Waals surface area contributed by atoms with E-state index in [2.05, 4.69) is 38.1 Å². The summed E-state index contributed by atoms with van der Waals surface area (Å²) in [5.74, 6) is 0.949. The predicted octanol–water partition coefficient (Wildman–Crippen LogP) is 4.39. The van der Waals surface area contributed by atoms with Crippen LogP contribution in [-0.4, -0.2) is 46.2 Å². The maximum atomic E-state index is 13.0. The lowest BCUT2D eigenvalue weighted by Crippen LogP contribution is -2.38. The lowest BCUT2D eigenvalue weighted by atomic mass is 9.92. The second-order valence-corrected chi connectivity index (χ2v) is 8.79. The van der Waals surface area contributed by atoms with Gasteiger partial charge in [0.15, 0.2) is 0 Å². The fraction of sp³-hybridized carbons (Fsp3) is 0.542. The zero-order chi connectivity index (χ0) is 23.0. The normalized spacial score (nSPS) is 11.3. The summed E-state index contributed by atoms with van der Waals surface area (Å²) in [6.45, 7) is 11.5. The van der Waals surface area contributed by atoms with E-state index >= 15 is 0 Å². The third-order valence-corrected chi connectivity index (χ3v) is 4.90. The van der Waals surface area contributed by atoms with Gasteiger partial charge in [0, 0.05) is 30.6 Å². The van der Waals surface area contributed by atoms with Crippen molar-refractivity contribution in [2.45, 2.75) is 59.3 Å². The van der Waals surface area contributed by atoms with Gasteiger partial charge in [0.25, 0.3) is 5.91 Å².